The summed E-state index contributed by atoms with van der Waals surface area (Å²) in [6.45, 7) is 0.885. The quantitative estimate of drug-likeness (QED) is 0.743. The van der Waals surface area contributed by atoms with Gasteiger partial charge in [0.2, 0.25) is 0 Å². The molecule has 0 amide bonds. The van der Waals surface area contributed by atoms with Gasteiger partial charge < -0.3 is 15.0 Å². The molecule has 0 saturated carbocycles. The SMILES string of the molecule is OCCn1c2c(c3cc(Sc4ccccc4)ccc31)C1CCC(C2)N1. The van der Waals surface area contributed by atoms with Crippen molar-refractivity contribution in [2.45, 2.75) is 47.7 Å². The number of fused-ring (bicyclic) bond motifs is 6. The van der Waals surface area contributed by atoms with Crippen LogP contribution in [0.25, 0.3) is 10.9 Å². The van der Waals surface area contributed by atoms with Crippen molar-refractivity contribution >= 4 is 22.7 Å². The lowest BCUT2D eigenvalue weighted by Crippen LogP contribution is -2.32. The Morgan fingerprint density at radius 1 is 1.08 bits per heavy atom. The van der Waals surface area contributed by atoms with E-state index >= 15 is 0 Å². The van der Waals surface area contributed by atoms with Crippen LogP contribution in [-0.4, -0.2) is 22.3 Å². The number of hydrogen-bond acceptors (Lipinski definition) is 3. The number of benzene rings is 2. The van der Waals surface area contributed by atoms with Crippen molar-refractivity contribution < 1.29 is 5.11 Å². The summed E-state index contributed by atoms with van der Waals surface area (Å²) in [4.78, 5) is 2.55. The average Bonchev–Trinajstić information content (AvgIpc) is 3.16. The Bertz CT molecular complexity index is 919. The fraction of sp³-hybridized carbons (Fsp3) is 0.333. The number of aliphatic hydroxyl groups is 1. The van der Waals surface area contributed by atoms with Crippen LogP contribution in [0.3, 0.4) is 0 Å². The molecule has 1 fully saturated rings. The second kappa shape index (κ2) is 6.20. The molecule has 2 aliphatic rings. The van der Waals surface area contributed by atoms with Crippen molar-refractivity contribution in [3.05, 3.63) is 59.8 Å². The van der Waals surface area contributed by atoms with E-state index in [1.54, 1.807) is 0 Å². The molecule has 3 nitrogen and oxygen atoms in total. The van der Waals surface area contributed by atoms with Crippen LogP contribution in [-0.2, 0) is 13.0 Å². The molecule has 0 aliphatic carbocycles. The maximum absolute atomic E-state index is 9.56. The molecule has 3 aromatic rings. The number of hydrogen-bond donors (Lipinski definition) is 2. The lowest BCUT2D eigenvalue weighted by atomic mass is 9.99. The Labute approximate surface area is 152 Å². The summed E-state index contributed by atoms with van der Waals surface area (Å²) in [5.74, 6) is 0. The van der Waals surface area contributed by atoms with Crippen LogP contribution in [0, 0.1) is 0 Å². The molecule has 2 aliphatic heterocycles. The maximum atomic E-state index is 9.56. The van der Waals surface area contributed by atoms with Crippen molar-refractivity contribution in [2.24, 2.45) is 0 Å². The second-order valence-electron chi connectivity index (χ2n) is 7.03. The monoisotopic (exact) mass is 350 g/mol. The third-order valence-electron chi connectivity index (χ3n) is 5.52. The third-order valence-corrected chi connectivity index (χ3v) is 6.51. The summed E-state index contributed by atoms with van der Waals surface area (Å²) in [6.07, 6.45) is 3.58. The zero-order valence-corrected chi connectivity index (χ0v) is 14.9. The standard InChI is InChI=1S/C21H22N2OS/c24-11-10-23-19-9-7-16(25-15-4-2-1-3-5-15)13-17(19)21-18-8-6-14(22-18)12-20(21)23/h1-5,7,9,13-14,18,22,24H,6,8,10-12H2. The number of nitrogens with zero attached hydrogens (tertiary/aromatic N) is 1. The highest BCUT2D eigenvalue weighted by Gasteiger charge is 2.36. The molecule has 2 unspecified atom stereocenters. The molecular weight excluding hydrogens is 328 g/mol. The third kappa shape index (κ3) is 2.60. The van der Waals surface area contributed by atoms with Gasteiger partial charge in [-0.05, 0) is 48.7 Å². The second-order valence-corrected chi connectivity index (χ2v) is 8.17. The van der Waals surface area contributed by atoms with Crippen molar-refractivity contribution in [3.8, 4) is 0 Å². The molecule has 2 atom stereocenters. The van der Waals surface area contributed by atoms with E-state index in [4.69, 9.17) is 0 Å². The Kier molecular flexibility index (Phi) is 3.85. The zero-order chi connectivity index (χ0) is 16.8. The average molecular weight is 350 g/mol. The van der Waals surface area contributed by atoms with Crippen LogP contribution < -0.4 is 5.32 Å². The van der Waals surface area contributed by atoms with E-state index in [2.05, 4.69) is 58.4 Å². The fourth-order valence-corrected chi connectivity index (χ4v) is 5.38. The molecule has 5 rings (SSSR count). The molecule has 128 valence electrons. The van der Waals surface area contributed by atoms with Gasteiger partial charge in [0.25, 0.3) is 0 Å². The fourth-order valence-electron chi connectivity index (χ4n) is 4.51. The predicted molar refractivity (Wildman–Crippen MR) is 102 cm³/mol. The van der Waals surface area contributed by atoms with E-state index in [0.29, 0.717) is 18.6 Å². The van der Waals surface area contributed by atoms with Gasteiger partial charge in [-0.15, -0.1) is 0 Å². The van der Waals surface area contributed by atoms with Gasteiger partial charge in [-0.3, -0.25) is 0 Å². The maximum Gasteiger partial charge on any atom is 0.0610 e. The molecule has 2 N–H and O–H groups in total. The topological polar surface area (TPSA) is 37.2 Å². The summed E-state index contributed by atoms with van der Waals surface area (Å²) < 4.78 is 2.35. The zero-order valence-electron chi connectivity index (χ0n) is 14.1. The van der Waals surface area contributed by atoms with Crippen molar-refractivity contribution in [1.82, 2.24) is 9.88 Å². The van der Waals surface area contributed by atoms with Gasteiger partial charge in [-0.1, -0.05) is 30.0 Å². The lowest BCUT2D eigenvalue weighted by Gasteiger charge is -2.23. The minimum absolute atomic E-state index is 0.194. The first-order chi connectivity index (χ1) is 12.3. The summed E-state index contributed by atoms with van der Waals surface area (Å²) >= 11 is 1.82. The normalized spacial score (nSPS) is 21.6. The van der Waals surface area contributed by atoms with Crippen LogP contribution in [0.1, 0.15) is 30.1 Å². The summed E-state index contributed by atoms with van der Waals surface area (Å²) in [5.41, 5.74) is 4.19. The van der Waals surface area contributed by atoms with Gasteiger partial charge >= 0.3 is 0 Å². The molecule has 25 heavy (non-hydrogen) atoms. The van der Waals surface area contributed by atoms with E-state index in [9.17, 15) is 5.11 Å². The highest BCUT2D eigenvalue weighted by Crippen LogP contribution is 2.43. The number of aromatic nitrogens is 1. The lowest BCUT2D eigenvalue weighted by molar-refractivity contribution is 0.275. The molecule has 2 aromatic carbocycles. The summed E-state index contributed by atoms with van der Waals surface area (Å²) in [5, 5.41) is 14.7. The van der Waals surface area contributed by atoms with E-state index < -0.39 is 0 Å². The molecule has 4 heteroatoms. The van der Waals surface area contributed by atoms with E-state index in [1.807, 2.05) is 11.8 Å². The van der Waals surface area contributed by atoms with E-state index in [1.165, 1.54) is 44.8 Å². The van der Waals surface area contributed by atoms with Gasteiger partial charge in [-0.25, -0.2) is 0 Å². The summed E-state index contributed by atoms with van der Waals surface area (Å²) in [6, 6.07) is 18.4. The van der Waals surface area contributed by atoms with Gasteiger partial charge in [0.05, 0.1) is 6.61 Å². The number of nitrogens with one attached hydrogen (secondary N) is 1. The van der Waals surface area contributed by atoms with Crippen LogP contribution in [0.4, 0.5) is 0 Å². The van der Waals surface area contributed by atoms with Crippen molar-refractivity contribution in [1.29, 1.82) is 0 Å². The van der Waals surface area contributed by atoms with E-state index in [-0.39, 0.29) is 6.61 Å². The van der Waals surface area contributed by atoms with Gasteiger partial charge in [0, 0.05) is 51.4 Å². The predicted octanol–water partition coefficient (Wildman–Crippen LogP) is 4.13. The van der Waals surface area contributed by atoms with Gasteiger partial charge in [-0.2, -0.15) is 0 Å². The Hall–Kier alpha value is -1.75. The number of rotatable bonds is 4. The Balaban J connectivity index is 1.63. The minimum Gasteiger partial charge on any atom is -0.395 e. The summed E-state index contributed by atoms with van der Waals surface area (Å²) in [7, 11) is 0. The Morgan fingerprint density at radius 3 is 2.80 bits per heavy atom. The van der Waals surface area contributed by atoms with E-state index in [0.717, 1.165) is 6.42 Å². The molecular formula is C21H22N2OS. The van der Waals surface area contributed by atoms with Crippen LogP contribution in [0.15, 0.2) is 58.3 Å². The minimum atomic E-state index is 0.194. The number of aliphatic hydroxyl groups excluding tert-OH is 1. The highest BCUT2D eigenvalue weighted by molar-refractivity contribution is 7.99. The molecule has 2 bridgehead atoms. The Morgan fingerprint density at radius 2 is 1.96 bits per heavy atom. The van der Waals surface area contributed by atoms with Crippen LogP contribution in [0.2, 0.25) is 0 Å². The first-order valence-electron chi connectivity index (χ1n) is 9.08. The smallest absolute Gasteiger partial charge is 0.0610 e. The van der Waals surface area contributed by atoms with Crippen molar-refractivity contribution in [3.63, 3.8) is 0 Å². The van der Waals surface area contributed by atoms with Crippen molar-refractivity contribution in [2.75, 3.05) is 6.61 Å². The van der Waals surface area contributed by atoms with Gasteiger partial charge in [0.15, 0.2) is 0 Å². The molecule has 0 radical (unpaired) electrons. The molecule has 1 saturated heterocycles. The highest BCUT2D eigenvalue weighted by atomic mass is 32.2. The molecule has 0 spiro atoms. The van der Waals surface area contributed by atoms with Crippen LogP contribution in [0.5, 0.6) is 0 Å². The first-order valence-corrected chi connectivity index (χ1v) is 9.90. The largest absolute Gasteiger partial charge is 0.395 e. The van der Waals surface area contributed by atoms with Crippen LogP contribution >= 0.6 is 11.8 Å². The molecule has 3 heterocycles. The first kappa shape index (κ1) is 15.5. The van der Waals surface area contributed by atoms with Gasteiger partial charge in [0.1, 0.15) is 0 Å². The molecule has 1 aromatic heterocycles.